The number of amides is 3. The second kappa shape index (κ2) is 11.9. The van der Waals surface area contributed by atoms with Gasteiger partial charge in [-0.15, -0.1) is 0 Å². The lowest BCUT2D eigenvalue weighted by molar-refractivity contribution is -0.154. The molecule has 2 heterocycles. The molecule has 2 aromatic rings. The molecule has 1 saturated carbocycles. The molecule has 8 heteroatoms. The first-order valence-electron chi connectivity index (χ1n) is 14.5. The van der Waals surface area contributed by atoms with E-state index in [2.05, 4.69) is 5.32 Å². The van der Waals surface area contributed by atoms with E-state index < -0.39 is 29.4 Å². The van der Waals surface area contributed by atoms with E-state index in [-0.39, 0.29) is 43.1 Å². The third kappa shape index (κ3) is 5.17. The van der Waals surface area contributed by atoms with E-state index in [0.29, 0.717) is 6.54 Å². The molecule has 4 atom stereocenters. The number of hydrogen-bond acceptors (Lipinski definition) is 6. The molecule has 0 bridgehead atoms. The summed E-state index contributed by atoms with van der Waals surface area (Å²) in [6, 6.07) is 18.3. The Morgan fingerprint density at radius 1 is 0.950 bits per heavy atom. The Bertz CT molecular complexity index is 1230. The van der Waals surface area contributed by atoms with E-state index >= 15 is 0 Å². The number of likely N-dealkylation sites (tertiary alicyclic amines) is 1. The monoisotopic (exact) mass is 545 g/mol. The first kappa shape index (κ1) is 28.0. The summed E-state index contributed by atoms with van der Waals surface area (Å²) < 4.78 is 5.31. The first-order chi connectivity index (χ1) is 19.4. The molecule has 2 aromatic carbocycles. The van der Waals surface area contributed by atoms with Gasteiger partial charge in [-0.2, -0.15) is 0 Å². The van der Waals surface area contributed by atoms with Crippen LogP contribution >= 0.6 is 0 Å². The number of nitrogens with one attached hydrogen (secondary N) is 1. The van der Waals surface area contributed by atoms with Crippen LogP contribution in [0, 0.1) is 17.8 Å². The Balaban J connectivity index is 1.51. The average Bonchev–Trinajstić information content (AvgIpc) is 3.45. The smallest absolute Gasteiger partial charge is 0.327 e. The van der Waals surface area contributed by atoms with Crippen molar-refractivity contribution in [3.8, 4) is 0 Å². The summed E-state index contributed by atoms with van der Waals surface area (Å²) in [4.78, 5) is 58.4. The van der Waals surface area contributed by atoms with Gasteiger partial charge in [0, 0.05) is 31.5 Å². The molecule has 0 unspecified atom stereocenters. The highest BCUT2D eigenvalue weighted by atomic mass is 16.5. The van der Waals surface area contributed by atoms with Gasteiger partial charge in [-0.3, -0.25) is 29.4 Å². The van der Waals surface area contributed by atoms with E-state index in [1.165, 1.54) is 12.0 Å². The number of carbonyl (C=O) groups is 4. The number of methoxy groups -OCH3 is 1. The Hall–Kier alpha value is -3.52. The fourth-order valence-electron chi connectivity index (χ4n) is 7.00. The molecule has 5 rings (SSSR count). The van der Waals surface area contributed by atoms with Crippen LogP contribution in [0.2, 0.25) is 0 Å². The molecule has 1 aliphatic carbocycles. The number of likely N-dealkylation sites (N-methyl/N-ethyl adjacent to an activating group) is 1. The minimum absolute atomic E-state index is 0.0175. The number of rotatable bonds is 9. The second-order valence-electron chi connectivity index (χ2n) is 11.3. The van der Waals surface area contributed by atoms with Crippen molar-refractivity contribution < 1.29 is 23.9 Å². The van der Waals surface area contributed by atoms with Gasteiger partial charge in [0.1, 0.15) is 5.54 Å². The van der Waals surface area contributed by atoms with Crippen molar-refractivity contribution in [1.29, 1.82) is 0 Å². The zero-order valence-corrected chi connectivity index (χ0v) is 23.4. The molecule has 40 heavy (non-hydrogen) atoms. The lowest BCUT2D eigenvalue weighted by Crippen LogP contribution is -2.60. The molecule has 3 amide bonds. The van der Waals surface area contributed by atoms with Crippen LogP contribution < -0.4 is 5.32 Å². The van der Waals surface area contributed by atoms with Gasteiger partial charge in [-0.05, 0) is 30.9 Å². The minimum atomic E-state index is -1.43. The highest BCUT2D eigenvalue weighted by Crippen LogP contribution is 2.46. The summed E-state index contributed by atoms with van der Waals surface area (Å²) in [6.45, 7) is 2.82. The predicted molar refractivity (Wildman–Crippen MR) is 150 cm³/mol. The van der Waals surface area contributed by atoms with E-state index in [9.17, 15) is 19.2 Å². The minimum Gasteiger partial charge on any atom is -0.468 e. The molecular formula is C32H39N3O5. The third-order valence-electron chi connectivity index (χ3n) is 8.97. The van der Waals surface area contributed by atoms with Gasteiger partial charge in [-0.25, -0.2) is 0 Å². The van der Waals surface area contributed by atoms with Crippen LogP contribution in [-0.2, 0) is 36.9 Å². The van der Waals surface area contributed by atoms with Crippen molar-refractivity contribution in [3.63, 3.8) is 0 Å². The number of fused-ring (bicyclic) bond motifs is 1. The van der Waals surface area contributed by atoms with E-state index in [1.54, 1.807) is 4.90 Å². The summed E-state index contributed by atoms with van der Waals surface area (Å²) >= 11 is 0. The first-order valence-corrected chi connectivity index (χ1v) is 14.5. The summed E-state index contributed by atoms with van der Waals surface area (Å²) in [6.07, 6.45) is 5.19. The van der Waals surface area contributed by atoms with E-state index in [1.807, 2.05) is 67.6 Å². The van der Waals surface area contributed by atoms with Crippen LogP contribution in [0.3, 0.4) is 0 Å². The maximum Gasteiger partial charge on any atom is 0.327 e. The summed E-state index contributed by atoms with van der Waals surface area (Å²) in [5.74, 6) is -2.91. The highest BCUT2D eigenvalue weighted by molar-refractivity contribution is 6.09. The predicted octanol–water partition coefficient (Wildman–Crippen LogP) is 3.34. The molecule has 3 aliphatic rings. The molecule has 8 nitrogen and oxygen atoms in total. The summed E-state index contributed by atoms with van der Waals surface area (Å²) in [5, 5.41) is 3.44. The SMILES string of the molecule is CCN(C[C@H]1N[C@@](Cc2ccccc2)(C(=O)OC)[C@H]2C(=O)N(Cc3ccccc3)C(=O)[C@@H]12)C(=O)C1CCCCC1. The van der Waals surface area contributed by atoms with Crippen LogP contribution in [0.5, 0.6) is 0 Å². The van der Waals surface area contributed by atoms with Crippen LogP contribution in [0.15, 0.2) is 60.7 Å². The number of ether oxygens (including phenoxy) is 1. The molecule has 1 N–H and O–H groups in total. The maximum absolute atomic E-state index is 14.1. The fraction of sp³-hybridized carbons (Fsp3) is 0.500. The number of nitrogens with zero attached hydrogens (tertiary/aromatic N) is 2. The van der Waals surface area contributed by atoms with Crippen molar-refractivity contribution in [2.75, 3.05) is 20.2 Å². The largest absolute Gasteiger partial charge is 0.468 e. The Morgan fingerprint density at radius 2 is 1.57 bits per heavy atom. The molecule has 212 valence electrons. The lowest BCUT2D eigenvalue weighted by atomic mass is 9.76. The maximum atomic E-state index is 14.1. The van der Waals surface area contributed by atoms with Crippen LogP contribution in [0.1, 0.15) is 50.2 Å². The van der Waals surface area contributed by atoms with Crippen LogP contribution in [-0.4, -0.2) is 65.3 Å². The molecule has 0 aromatic heterocycles. The zero-order chi connectivity index (χ0) is 28.3. The van der Waals surface area contributed by atoms with Gasteiger partial charge in [0.15, 0.2) is 0 Å². The second-order valence-corrected chi connectivity index (χ2v) is 11.3. The molecule has 2 saturated heterocycles. The van der Waals surface area contributed by atoms with Crippen molar-refractivity contribution in [1.82, 2.24) is 15.1 Å². The Morgan fingerprint density at radius 3 is 2.17 bits per heavy atom. The Labute approximate surface area is 236 Å². The summed E-state index contributed by atoms with van der Waals surface area (Å²) in [5.41, 5.74) is 0.256. The third-order valence-corrected chi connectivity index (χ3v) is 8.97. The molecular weight excluding hydrogens is 506 g/mol. The number of benzene rings is 2. The number of carbonyl (C=O) groups excluding carboxylic acids is 4. The zero-order valence-electron chi connectivity index (χ0n) is 23.4. The van der Waals surface area contributed by atoms with E-state index in [0.717, 1.165) is 43.2 Å². The number of esters is 1. The van der Waals surface area contributed by atoms with Gasteiger partial charge in [0.2, 0.25) is 17.7 Å². The number of hydrogen-bond donors (Lipinski definition) is 1. The molecule has 2 aliphatic heterocycles. The van der Waals surface area contributed by atoms with Crippen molar-refractivity contribution in [3.05, 3.63) is 71.8 Å². The lowest BCUT2D eigenvalue weighted by Gasteiger charge is -2.34. The molecule has 0 radical (unpaired) electrons. The normalized spacial score (nSPS) is 26.6. The van der Waals surface area contributed by atoms with Gasteiger partial charge < -0.3 is 9.64 Å². The molecule has 0 spiro atoms. The quantitative estimate of drug-likeness (QED) is 0.384. The standard InChI is InChI=1S/C32H39N3O5/c1-3-34(28(36)24-17-11-6-12-18-24)21-25-26-27(30(38)35(29(26)37)20-23-15-9-5-10-16-23)32(33-25,31(39)40-2)19-22-13-7-4-8-14-22/h4-5,7-10,13-16,24-27,33H,3,6,11-12,17-21H2,1-2H3/t25-,26+,27-,32-/m1/s1. The fourth-order valence-corrected chi connectivity index (χ4v) is 7.00. The highest BCUT2D eigenvalue weighted by Gasteiger charge is 2.68. The van der Waals surface area contributed by atoms with Crippen molar-refractivity contribution in [2.24, 2.45) is 17.8 Å². The average molecular weight is 546 g/mol. The van der Waals surface area contributed by atoms with Gasteiger partial charge in [0.25, 0.3) is 0 Å². The van der Waals surface area contributed by atoms with E-state index in [4.69, 9.17) is 4.74 Å². The summed E-state index contributed by atoms with van der Waals surface area (Å²) in [7, 11) is 1.31. The number of imide groups is 1. The van der Waals surface area contributed by atoms with Crippen LogP contribution in [0.25, 0.3) is 0 Å². The van der Waals surface area contributed by atoms with Crippen molar-refractivity contribution in [2.45, 2.75) is 63.6 Å². The van der Waals surface area contributed by atoms with Crippen molar-refractivity contribution >= 4 is 23.7 Å². The van der Waals surface area contributed by atoms with Crippen LogP contribution in [0.4, 0.5) is 0 Å². The van der Waals surface area contributed by atoms with Gasteiger partial charge in [0.05, 0.1) is 25.5 Å². The Kier molecular flexibility index (Phi) is 8.35. The molecule has 3 fully saturated rings. The topological polar surface area (TPSA) is 96.0 Å². The van der Waals surface area contributed by atoms with Gasteiger partial charge >= 0.3 is 5.97 Å². The van der Waals surface area contributed by atoms with Gasteiger partial charge in [-0.1, -0.05) is 79.9 Å².